The molecule has 2 fully saturated rings. The molecule has 0 radical (unpaired) electrons. The van der Waals surface area contributed by atoms with Gasteiger partial charge in [-0.3, -0.25) is 4.90 Å². The normalized spacial score (nSPS) is 36.1. The maximum Gasteiger partial charge on any atom is 0.0332 e. The highest BCUT2D eigenvalue weighted by Gasteiger charge is 2.40. The summed E-state index contributed by atoms with van der Waals surface area (Å²) >= 11 is 0. The van der Waals surface area contributed by atoms with Gasteiger partial charge in [-0.2, -0.15) is 0 Å². The SMILES string of the molecule is CC(C)C1CCCC(CN)(N(C)CC2CCCN2C)C1. The van der Waals surface area contributed by atoms with E-state index in [1.807, 2.05) is 0 Å². The molecule has 2 N–H and O–H groups in total. The van der Waals surface area contributed by atoms with Gasteiger partial charge in [0, 0.05) is 24.7 Å². The minimum absolute atomic E-state index is 0.261. The third-order valence-electron chi connectivity index (χ3n) is 6.15. The van der Waals surface area contributed by atoms with Crippen LogP contribution in [0.25, 0.3) is 0 Å². The van der Waals surface area contributed by atoms with E-state index in [1.165, 1.54) is 51.6 Å². The fourth-order valence-corrected chi connectivity index (χ4v) is 4.36. The maximum absolute atomic E-state index is 6.26. The predicted octanol–water partition coefficient (Wildman–Crippen LogP) is 2.56. The molecule has 1 heterocycles. The second-order valence-electron chi connectivity index (χ2n) is 7.69. The van der Waals surface area contributed by atoms with Crippen molar-refractivity contribution in [1.29, 1.82) is 0 Å². The predicted molar refractivity (Wildman–Crippen MR) is 86.9 cm³/mol. The van der Waals surface area contributed by atoms with Crippen LogP contribution in [0.2, 0.25) is 0 Å². The van der Waals surface area contributed by atoms with E-state index in [-0.39, 0.29) is 5.54 Å². The Kier molecular flexibility index (Phi) is 5.49. The number of nitrogens with zero attached hydrogens (tertiary/aromatic N) is 2. The highest BCUT2D eigenvalue weighted by atomic mass is 15.2. The molecule has 1 saturated heterocycles. The molecule has 2 aliphatic rings. The third kappa shape index (κ3) is 3.37. The van der Waals surface area contributed by atoms with Gasteiger partial charge in [0.05, 0.1) is 0 Å². The molecule has 0 aromatic heterocycles. The Morgan fingerprint density at radius 3 is 2.60 bits per heavy atom. The summed E-state index contributed by atoms with van der Waals surface area (Å²) in [7, 11) is 4.60. The number of rotatable bonds is 5. The lowest BCUT2D eigenvalue weighted by Crippen LogP contribution is -2.57. The van der Waals surface area contributed by atoms with Crippen molar-refractivity contribution < 1.29 is 0 Å². The van der Waals surface area contributed by atoms with Crippen LogP contribution >= 0.6 is 0 Å². The average molecular weight is 281 g/mol. The van der Waals surface area contributed by atoms with E-state index >= 15 is 0 Å². The average Bonchev–Trinajstić information content (AvgIpc) is 2.84. The molecule has 0 aromatic carbocycles. The van der Waals surface area contributed by atoms with Crippen LogP contribution in [0.3, 0.4) is 0 Å². The molecule has 20 heavy (non-hydrogen) atoms. The van der Waals surface area contributed by atoms with E-state index < -0.39 is 0 Å². The first-order valence-electron chi connectivity index (χ1n) is 8.60. The summed E-state index contributed by atoms with van der Waals surface area (Å²) in [6, 6.07) is 0.739. The fourth-order valence-electron chi connectivity index (χ4n) is 4.36. The van der Waals surface area contributed by atoms with Crippen LogP contribution in [0.5, 0.6) is 0 Å². The number of likely N-dealkylation sites (tertiary alicyclic amines) is 1. The van der Waals surface area contributed by atoms with Crippen LogP contribution in [-0.4, -0.2) is 55.1 Å². The molecular formula is C17H35N3. The number of nitrogens with two attached hydrogens (primary N) is 1. The summed E-state index contributed by atoms with van der Waals surface area (Å²) in [5.74, 6) is 1.65. The van der Waals surface area contributed by atoms with Crippen molar-refractivity contribution in [3.63, 3.8) is 0 Å². The fraction of sp³-hybridized carbons (Fsp3) is 1.00. The van der Waals surface area contributed by atoms with Gasteiger partial charge in [-0.1, -0.05) is 26.7 Å². The van der Waals surface area contributed by atoms with Crippen molar-refractivity contribution in [2.75, 3.05) is 33.7 Å². The van der Waals surface area contributed by atoms with Gasteiger partial charge in [0.15, 0.2) is 0 Å². The van der Waals surface area contributed by atoms with Crippen molar-refractivity contribution in [2.45, 2.75) is 64.0 Å². The Labute approximate surface area is 125 Å². The summed E-state index contributed by atoms with van der Waals surface area (Å²) in [4.78, 5) is 5.15. The molecule has 3 nitrogen and oxygen atoms in total. The molecule has 3 unspecified atom stereocenters. The lowest BCUT2D eigenvalue weighted by molar-refractivity contribution is 0.0311. The number of likely N-dealkylation sites (N-methyl/N-ethyl adjacent to an activating group) is 2. The second kappa shape index (κ2) is 6.76. The first kappa shape index (κ1) is 16.3. The number of hydrogen-bond acceptors (Lipinski definition) is 3. The van der Waals surface area contributed by atoms with Crippen molar-refractivity contribution in [1.82, 2.24) is 9.80 Å². The zero-order chi connectivity index (χ0) is 14.8. The lowest BCUT2D eigenvalue weighted by Gasteiger charge is -2.48. The molecule has 1 aliphatic carbocycles. The lowest BCUT2D eigenvalue weighted by atomic mass is 9.71. The Morgan fingerprint density at radius 2 is 2.05 bits per heavy atom. The molecular weight excluding hydrogens is 246 g/mol. The molecule has 1 aliphatic heterocycles. The van der Waals surface area contributed by atoms with Gasteiger partial charge in [-0.15, -0.1) is 0 Å². The molecule has 3 atom stereocenters. The van der Waals surface area contributed by atoms with Crippen LogP contribution in [0.15, 0.2) is 0 Å². The first-order chi connectivity index (χ1) is 9.48. The standard InChI is InChI=1S/C17H35N3/c1-14(2)15-7-5-9-17(11-15,13-18)20(4)12-16-8-6-10-19(16)3/h14-16H,5-13,18H2,1-4H3. The van der Waals surface area contributed by atoms with E-state index in [9.17, 15) is 0 Å². The molecule has 118 valence electrons. The van der Waals surface area contributed by atoms with Crippen molar-refractivity contribution in [3.8, 4) is 0 Å². The van der Waals surface area contributed by atoms with Crippen molar-refractivity contribution in [2.24, 2.45) is 17.6 Å². The van der Waals surface area contributed by atoms with Crippen molar-refractivity contribution >= 4 is 0 Å². The molecule has 3 heteroatoms. The zero-order valence-corrected chi connectivity index (χ0v) is 14.1. The van der Waals surface area contributed by atoms with Crippen LogP contribution in [-0.2, 0) is 0 Å². The Bertz CT molecular complexity index is 305. The Hall–Kier alpha value is -0.120. The van der Waals surface area contributed by atoms with E-state index in [0.29, 0.717) is 0 Å². The van der Waals surface area contributed by atoms with Crippen LogP contribution in [0.4, 0.5) is 0 Å². The van der Waals surface area contributed by atoms with Crippen LogP contribution in [0.1, 0.15) is 52.4 Å². The van der Waals surface area contributed by atoms with Gasteiger partial charge in [0.25, 0.3) is 0 Å². The minimum Gasteiger partial charge on any atom is -0.329 e. The molecule has 2 rings (SSSR count). The summed E-state index contributed by atoms with van der Waals surface area (Å²) < 4.78 is 0. The van der Waals surface area contributed by atoms with Crippen LogP contribution in [0, 0.1) is 11.8 Å². The molecule has 0 aromatic rings. The second-order valence-corrected chi connectivity index (χ2v) is 7.69. The largest absolute Gasteiger partial charge is 0.329 e. The van der Waals surface area contributed by atoms with E-state index in [1.54, 1.807) is 0 Å². The minimum atomic E-state index is 0.261. The van der Waals surface area contributed by atoms with E-state index in [0.717, 1.165) is 24.4 Å². The molecule has 0 bridgehead atoms. The highest BCUT2D eigenvalue weighted by Crippen LogP contribution is 2.39. The summed E-state index contributed by atoms with van der Waals surface area (Å²) in [5.41, 5.74) is 6.52. The molecule has 0 spiro atoms. The van der Waals surface area contributed by atoms with E-state index in [4.69, 9.17) is 5.73 Å². The van der Waals surface area contributed by atoms with Gasteiger partial charge < -0.3 is 10.6 Å². The molecule has 0 amide bonds. The first-order valence-corrected chi connectivity index (χ1v) is 8.60. The summed E-state index contributed by atoms with van der Waals surface area (Å²) in [6.07, 6.45) is 8.06. The van der Waals surface area contributed by atoms with Gasteiger partial charge >= 0.3 is 0 Å². The smallest absolute Gasteiger partial charge is 0.0332 e. The van der Waals surface area contributed by atoms with Crippen molar-refractivity contribution in [3.05, 3.63) is 0 Å². The third-order valence-corrected chi connectivity index (χ3v) is 6.15. The van der Waals surface area contributed by atoms with Gasteiger partial charge in [-0.25, -0.2) is 0 Å². The summed E-state index contributed by atoms with van der Waals surface area (Å²) in [6.45, 7) is 8.04. The Balaban J connectivity index is 2.01. The quantitative estimate of drug-likeness (QED) is 0.840. The zero-order valence-electron chi connectivity index (χ0n) is 14.1. The van der Waals surface area contributed by atoms with Gasteiger partial charge in [0.2, 0.25) is 0 Å². The maximum atomic E-state index is 6.26. The van der Waals surface area contributed by atoms with Crippen LogP contribution < -0.4 is 5.73 Å². The van der Waals surface area contributed by atoms with Gasteiger partial charge in [-0.05, 0) is 58.2 Å². The topological polar surface area (TPSA) is 32.5 Å². The summed E-state index contributed by atoms with van der Waals surface area (Å²) in [5, 5.41) is 0. The van der Waals surface area contributed by atoms with E-state index in [2.05, 4.69) is 37.7 Å². The molecule has 1 saturated carbocycles. The van der Waals surface area contributed by atoms with Gasteiger partial charge in [0.1, 0.15) is 0 Å². The number of hydrogen-bond donors (Lipinski definition) is 1. The highest BCUT2D eigenvalue weighted by molar-refractivity contribution is 4.97. The monoisotopic (exact) mass is 281 g/mol. The Morgan fingerprint density at radius 1 is 1.30 bits per heavy atom.